The van der Waals surface area contributed by atoms with Crippen molar-refractivity contribution in [3.05, 3.63) is 76.4 Å². The number of ether oxygens (including phenoxy) is 1. The number of aliphatic hydroxyl groups is 1. The number of rotatable bonds is 23. The van der Waals surface area contributed by atoms with Gasteiger partial charge in [0, 0.05) is 38.9 Å². The Kier molecular flexibility index (Phi) is 18.2. The van der Waals surface area contributed by atoms with E-state index in [4.69, 9.17) is 16.2 Å². The van der Waals surface area contributed by atoms with Gasteiger partial charge in [-0.05, 0) is 97.8 Å². The number of nitrogens with two attached hydrogens (primary N) is 2. The third-order valence-electron chi connectivity index (χ3n) is 13.7. The van der Waals surface area contributed by atoms with Crippen LogP contribution in [0.5, 0.6) is 0 Å². The lowest BCUT2D eigenvalue weighted by Crippen LogP contribution is -2.57. The summed E-state index contributed by atoms with van der Waals surface area (Å²) >= 11 is 1.57. The van der Waals surface area contributed by atoms with Crippen molar-refractivity contribution in [2.24, 2.45) is 34.6 Å². The van der Waals surface area contributed by atoms with Crippen LogP contribution in [0.2, 0.25) is 0 Å². The number of likely N-dealkylation sites (tertiary alicyclic amines) is 2. The molecule has 3 aromatic rings. The zero-order chi connectivity index (χ0) is 50.2. The van der Waals surface area contributed by atoms with Crippen molar-refractivity contribution in [1.82, 2.24) is 30.7 Å². The normalized spacial score (nSPS) is 21.6. The van der Waals surface area contributed by atoms with Gasteiger partial charge in [-0.2, -0.15) is 0 Å². The van der Waals surface area contributed by atoms with Gasteiger partial charge in [0.05, 0.1) is 47.0 Å². The van der Waals surface area contributed by atoms with Crippen molar-refractivity contribution < 1.29 is 38.6 Å². The molecule has 1 aliphatic carbocycles. The molecule has 376 valence electrons. The third kappa shape index (κ3) is 14.4. The first-order valence-electron chi connectivity index (χ1n) is 24.6. The number of carbonyl (C=O) groups excluding carboxylic acids is 6. The van der Waals surface area contributed by atoms with Gasteiger partial charge in [0.15, 0.2) is 0 Å². The van der Waals surface area contributed by atoms with E-state index in [1.807, 2.05) is 103 Å². The molecule has 0 radical (unpaired) electrons. The highest BCUT2D eigenvalue weighted by Gasteiger charge is 2.57. The number of thiazole rings is 1. The summed E-state index contributed by atoms with van der Waals surface area (Å²) in [4.78, 5) is 88.2. The number of nitrogens with zero attached hydrogens (tertiary/aromatic N) is 3. The molecule has 16 nitrogen and oxygen atoms in total. The highest BCUT2D eigenvalue weighted by atomic mass is 32.1. The van der Waals surface area contributed by atoms with Gasteiger partial charge < -0.3 is 47.1 Å². The predicted molar refractivity (Wildman–Crippen MR) is 265 cm³/mol. The summed E-state index contributed by atoms with van der Waals surface area (Å²) < 4.78 is 6.24. The molecule has 0 spiro atoms. The van der Waals surface area contributed by atoms with Crippen LogP contribution < -0.4 is 27.4 Å². The van der Waals surface area contributed by atoms with E-state index in [1.54, 1.807) is 16.2 Å². The Morgan fingerprint density at radius 2 is 1.55 bits per heavy atom. The molecule has 8 N–H and O–H groups in total. The highest BCUT2D eigenvalue weighted by Crippen LogP contribution is 2.50. The number of aryl methyl sites for hydroxylation is 2. The summed E-state index contributed by atoms with van der Waals surface area (Å²) in [6.45, 7) is 14.5. The van der Waals surface area contributed by atoms with E-state index in [9.17, 15) is 33.9 Å². The number of fused-ring (bicyclic) bond motifs is 1. The summed E-state index contributed by atoms with van der Waals surface area (Å²) in [5, 5.41) is 19.6. The molecule has 1 aromatic heterocycles. The Morgan fingerprint density at radius 1 is 0.870 bits per heavy atom. The SMILES string of the molecule is Cc1ncsc1-c1ccc(CNC(=O)[C@@H]2C[C@@H](O)CN2C(=O)[C@@H](NC(=O)CCCCc2ccc(CO[C@H](C)[C@H](CCC(N)=O)NC(=O)[C@@H]3[C@@H]4C[C@@H]4CN3C(=O)[C@@H](N)CC(C)C)cc2)C(C)(C)C)cc1. The van der Waals surface area contributed by atoms with Crippen LogP contribution >= 0.6 is 11.3 Å². The van der Waals surface area contributed by atoms with E-state index in [0.29, 0.717) is 31.7 Å². The molecule has 6 rings (SSSR count). The molecule has 6 amide bonds. The largest absolute Gasteiger partial charge is 0.391 e. The predicted octanol–water partition coefficient (Wildman–Crippen LogP) is 4.52. The molecule has 2 saturated heterocycles. The number of nitrogens with one attached hydrogen (secondary N) is 3. The van der Waals surface area contributed by atoms with Crippen molar-refractivity contribution in [3.63, 3.8) is 0 Å². The Labute approximate surface area is 411 Å². The maximum atomic E-state index is 14.1. The minimum Gasteiger partial charge on any atom is -0.391 e. The van der Waals surface area contributed by atoms with Gasteiger partial charge in [-0.25, -0.2) is 4.98 Å². The molecule has 1 saturated carbocycles. The fourth-order valence-electron chi connectivity index (χ4n) is 9.61. The topological polar surface area (TPSA) is 239 Å². The first-order valence-corrected chi connectivity index (χ1v) is 25.5. The molecule has 3 fully saturated rings. The van der Waals surface area contributed by atoms with Gasteiger partial charge in [-0.15, -0.1) is 11.3 Å². The van der Waals surface area contributed by atoms with Crippen molar-refractivity contribution >= 4 is 46.8 Å². The summed E-state index contributed by atoms with van der Waals surface area (Å²) in [7, 11) is 0. The number of unbranched alkanes of at least 4 members (excludes halogenated alkanes) is 1. The third-order valence-corrected chi connectivity index (χ3v) is 14.7. The van der Waals surface area contributed by atoms with Crippen molar-refractivity contribution in [2.45, 2.75) is 162 Å². The van der Waals surface area contributed by atoms with Gasteiger partial charge in [0.25, 0.3) is 0 Å². The van der Waals surface area contributed by atoms with Crippen LogP contribution in [0.15, 0.2) is 54.0 Å². The van der Waals surface area contributed by atoms with E-state index in [1.165, 1.54) is 4.90 Å². The van der Waals surface area contributed by atoms with Gasteiger partial charge in [0.2, 0.25) is 35.4 Å². The molecule has 2 aliphatic heterocycles. The number of hydrogen-bond acceptors (Lipinski definition) is 11. The van der Waals surface area contributed by atoms with Gasteiger partial charge in [-0.1, -0.05) is 83.1 Å². The number of β-amino-alcohol motifs (C(OH)–C–C–N with tert-alkyl or cyclic N) is 1. The number of aromatic nitrogens is 1. The van der Waals surface area contributed by atoms with E-state index >= 15 is 0 Å². The van der Waals surface area contributed by atoms with E-state index in [0.717, 1.165) is 52.1 Å². The number of carbonyl (C=O) groups is 6. The summed E-state index contributed by atoms with van der Waals surface area (Å²) in [5.74, 6) is -1.29. The zero-order valence-corrected chi connectivity index (χ0v) is 42.2. The number of primary amides is 1. The van der Waals surface area contributed by atoms with E-state index in [-0.39, 0.29) is 74.4 Å². The van der Waals surface area contributed by atoms with Crippen LogP contribution in [-0.2, 0) is 53.1 Å². The van der Waals surface area contributed by atoms with Gasteiger partial charge in [-0.3, -0.25) is 28.8 Å². The molecule has 2 aromatic carbocycles. The average molecular weight is 971 g/mol. The monoisotopic (exact) mass is 971 g/mol. The lowest BCUT2D eigenvalue weighted by molar-refractivity contribution is -0.144. The zero-order valence-electron chi connectivity index (χ0n) is 41.4. The fraction of sp³-hybridized carbons (Fsp3) is 0.596. The second kappa shape index (κ2) is 23.6. The lowest BCUT2D eigenvalue weighted by atomic mass is 9.85. The Balaban J connectivity index is 0.943. The average Bonchev–Trinajstić information content (AvgIpc) is 3.54. The molecule has 0 unspecified atom stereocenters. The molecule has 69 heavy (non-hydrogen) atoms. The van der Waals surface area contributed by atoms with Crippen LogP contribution in [0.25, 0.3) is 10.4 Å². The summed E-state index contributed by atoms with van der Waals surface area (Å²) in [6, 6.07) is 12.3. The van der Waals surface area contributed by atoms with Crippen LogP contribution in [0.4, 0.5) is 0 Å². The van der Waals surface area contributed by atoms with E-state index < -0.39 is 59.6 Å². The number of piperidine rings is 1. The molecule has 0 bridgehead atoms. The molecule has 9 atom stereocenters. The first kappa shape index (κ1) is 53.1. The lowest BCUT2D eigenvalue weighted by Gasteiger charge is -2.35. The standard InChI is InChI=1S/C52H74N8O8S/c1-30(2)22-40(53)50(66)60-26-37-23-39(37)45(60)49(65)57-41(20-21-43(54)62)32(4)68-28-35-14-12-33(13-15-35)10-8-9-11-44(63)58-47(52(5,6)7)51(67)59-27-38(61)24-42(59)48(64)55-25-34-16-18-36(19-17-34)46-31(3)56-29-69-46/h12-19,29-30,32,37-42,45,47,61H,8-11,20-28,53H2,1-7H3,(H2,54,62)(H,55,64)(H,57,65)(H,58,63)/t32-,37-,38-,39-,40+,41+,42+,45+,47-/m1/s1. The fourth-order valence-corrected chi connectivity index (χ4v) is 10.4. The quantitative estimate of drug-likeness (QED) is 0.0727. The number of benzene rings is 2. The maximum Gasteiger partial charge on any atom is 0.246 e. The van der Waals surface area contributed by atoms with Crippen molar-refractivity contribution in [2.75, 3.05) is 13.1 Å². The minimum atomic E-state index is -0.904. The molecule has 3 aliphatic rings. The second-order valence-corrected chi connectivity index (χ2v) is 21.8. The Hall–Kier alpha value is -5.23. The number of aliphatic hydroxyl groups excluding tert-OH is 1. The molecular weight excluding hydrogens is 897 g/mol. The highest BCUT2D eigenvalue weighted by molar-refractivity contribution is 7.13. The first-order chi connectivity index (χ1) is 32.7. The van der Waals surface area contributed by atoms with Crippen LogP contribution in [0.3, 0.4) is 0 Å². The molecule has 17 heteroatoms. The minimum absolute atomic E-state index is 0.00108. The number of hydrogen-bond donors (Lipinski definition) is 6. The summed E-state index contributed by atoms with van der Waals surface area (Å²) in [5.41, 5.74) is 17.8. The van der Waals surface area contributed by atoms with E-state index in [2.05, 4.69) is 20.9 Å². The Bertz CT molecular complexity index is 2260. The molecular formula is C52H74N8O8S. The van der Waals surface area contributed by atoms with Gasteiger partial charge >= 0.3 is 0 Å². The number of amides is 6. The molecule has 3 heterocycles. The van der Waals surface area contributed by atoms with Crippen LogP contribution in [0, 0.1) is 30.1 Å². The van der Waals surface area contributed by atoms with Crippen molar-refractivity contribution in [3.8, 4) is 10.4 Å². The van der Waals surface area contributed by atoms with Crippen molar-refractivity contribution in [1.29, 1.82) is 0 Å². The summed E-state index contributed by atoms with van der Waals surface area (Å²) in [6.07, 6.45) is 2.86. The van der Waals surface area contributed by atoms with Crippen LogP contribution in [0.1, 0.15) is 115 Å². The smallest absolute Gasteiger partial charge is 0.246 e. The Morgan fingerprint density at radius 3 is 2.19 bits per heavy atom. The maximum absolute atomic E-state index is 14.1. The second-order valence-electron chi connectivity index (χ2n) is 20.9. The van der Waals surface area contributed by atoms with Crippen LogP contribution in [-0.4, -0.2) is 111 Å². The van der Waals surface area contributed by atoms with Gasteiger partial charge in [0.1, 0.15) is 18.1 Å².